The molecule has 1 N–H and O–H groups in total. The van der Waals surface area contributed by atoms with E-state index in [0.717, 1.165) is 31.3 Å². The fourth-order valence-corrected chi connectivity index (χ4v) is 2.92. The molecule has 2 amide bonds. The Balaban J connectivity index is 2.03. The van der Waals surface area contributed by atoms with Crippen molar-refractivity contribution in [3.05, 3.63) is 36.0 Å². The van der Waals surface area contributed by atoms with Gasteiger partial charge in [-0.3, -0.25) is 14.6 Å². The summed E-state index contributed by atoms with van der Waals surface area (Å²) in [6, 6.07) is 7.27. The number of hydrogen-bond acceptors (Lipinski definition) is 3. The van der Waals surface area contributed by atoms with Crippen molar-refractivity contribution in [3.63, 3.8) is 0 Å². The van der Waals surface area contributed by atoms with Crippen molar-refractivity contribution >= 4 is 28.4 Å². The first kappa shape index (κ1) is 14.5. The number of carbonyl (C=O) groups excluding carboxylic acids is 2. The third kappa shape index (κ3) is 2.79. The van der Waals surface area contributed by atoms with Crippen molar-refractivity contribution in [1.82, 2.24) is 9.88 Å². The number of likely N-dealkylation sites (tertiary alicyclic amines) is 1. The summed E-state index contributed by atoms with van der Waals surface area (Å²) in [7, 11) is 0. The molecule has 1 aliphatic rings. The molecular formula is C17H19N3O2. The van der Waals surface area contributed by atoms with E-state index < -0.39 is 0 Å². The van der Waals surface area contributed by atoms with Crippen LogP contribution in [0.1, 0.15) is 36.5 Å². The van der Waals surface area contributed by atoms with Crippen molar-refractivity contribution in [1.29, 1.82) is 0 Å². The Morgan fingerprint density at radius 3 is 2.64 bits per heavy atom. The zero-order valence-electron chi connectivity index (χ0n) is 12.6. The highest BCUT2D eigenvalue weighted by Gasteiger charge is 2.20. The standard InChI is InChI=1S/C17H19N3O2/c1-12(21)19-15-7-5-6-13-14(8-9-18-16(13)15)17(22)20-10-3-2-4-11-20/h5-9H,2-4,10-11H2,1H3,(H,19,21). The van der Waals surface area contributed by atoms with Crippen LogP contribution in [0.15, 0.2) is 30.5 Å². The normalized spacial score (nSPS) is 14.9. The number of anilines is 1. The van der Waals surface area contributed by atoms with Gasteiger partial charge in [0.15, 0.2) is 0 Å². The van der Waals surface area contributed by atoms with E-state index in [1.807, 2.05) is 17.0 Å². The molecule has 3 rings (SSSR count). The van der Waals surface area contributed by atoms with Crippen molar-refractivity contribution < 1.29 is 9.59 Å². The van der Waals surface area contributed by atoms with Crippen molar-refractivity contribution in [2.75, 3.05) is 18.4 Å². The summed E-state index contributed by atoms with van der Waals surface area (Å²) in [5.41, 5.74) is 1.94. The Hall–Kier alpha value is -2.43. The lowest BCUT2D eigenvalue weighted by atomic mass is 10.0. The summed E-state index contributed by atoms with van der Waals surface area (Å²) >= 11 is 0. The monoisotopic (exact) mass is 297 g/mol. The van der Waals surface area contributed by atoms with E-state index >= 15 is 0 Å². The van der Waals surface area contributed by atoms with Gasteiger partial charge in [0.25, 0.3) is 5.91 Å². The lowest BCUT2D eigenvalue weighted by Gasteiger charge is -2.27. The Bertz CT molecular complexity index is 721. The van der Waals surface area contributed by atoms with E-state index in [1.54, 1.807) is 18.3 Å². The maximum absolute atomic E-state index is 12.8. The fourth-order valence-electron chi connectivity index (χ4n) is 2.92. The molecule has 5 nitrogen and oxygen atoms in total. The van der Waals surface area contributed by atoms with Crippen molar-refractivity contribution in [2.45, 2.75) is 26.2 Å². The van der Waals surface area contributed by atoms with Crippen LogP contribution in [-0.2, 0) is 4.79 Å². The molecule has 0 saturated carbocycles. The topological polar surface area (TPSA) is 62.3 Å². The number of amides is 2. The Morgan fingerprint density at radius 1 is 1.14 bits per heavy atom. The molecule has 2 aromatic rings. The van der Waals surface area contributed by atoms with E-state index in [9.17, 15) is 9.59 Å². The Morgan fingerprint density at radius 2 is 1.91 bits per heavy atom. The summed E-state index contributed by atoms with van der Waals surface area (Å²) in [5.74, 6) is -0.103. The Labute approximate surface area is 129 Å². The first-order chi connectivity index (χ1) is 10.7. The van der Waals surface area contributed by atoms with Gasteiger partial charge in [-0.25, -0.2) is 0 Å². The van der Waals surface area contributed by atoms with Gasteiger partial charge < -0.3 is 10.2 Å². The third-order valence-corrected chi connectivity index (χ3v) is 3.96. The van der Waals surface area contributed by atoms with Crippen molar-refractivity contribution in [2.24, 2.45) is 0 Å². The lowest BCUT2D eigenvalue weighted by Crippen LogP contribution is -2.35. The molecule has 114 valence electrons. The zero-order valence-corrected chi connectivity index (χ0v) is 12.6. The van der Waals surface area contributed by atoms with Gasteiger partial charge in [-0.15, -0.1) is 0 Å². The van der Waals surface area contributed by atoms with E-state index in [1.165, 1.54) is 13.3 Å². The lowest BCUT2D eigenvalue weighted by molar-refractivity contribution is -0.114. The highest BCUT2D eigenvalue weighted by atomic mass is 16.2. The molecule has 0 unspecified atom stereocenters. The first-order valence-electron chi connectivity index (χ1n) is 7.61. The summed E-state index contributed by atoms with van der Waals surface area (Å²) in [5, 5.41) is 3.55. The third-order valence-electron chi connectivity index (χ3n) is 3.96. The number of rotatable bonds is 2. The molecule has 22 heavy (non-hydrogen) atoms. The molecule has 0 atom stereocenters. The predicted molar refractivity (Wildman–Crippen MR) is 85.8 cm³/mol. The smallest absolute Gasteiger partial charge is 0.254 e. The number of nitrogens with one attached hydrogen (secondary N) is 1. The quantitative estimate of drug-likeness (QED) is 0.927. The fraction of sp³-hybridized carbons (Fsp3) is 0.353. The average molecular weight is 297 g/mol. The molecular weight excluding hydrogens is 278 g/mol. The number of nitrogens with zero attached hydrogens (tertiary/aromatic N) is 2. The van der Waals surface area contributed by atoms with Crippen LogP contribution in [0.3, 0.4) is 0 Å². The van der Waals surface area contributed by atoms with Crippen molar-refractivity contribution in [3.8, 4) is 0 Å². The van der Waals surface area contributed by atoms with E-state index in [4.69, 9.17) is 0 Å². The van der Waals surface area contributed by atoms with Crippen LogP contribution in [0.2, 0.25) is 0 Å². The summed E-state index contributed by atoms with van der Waals surface area (Å²) in [6.07, 6.45) is 4.94. The molecule has 1 saturated heterocycles. The maximum atomic E-state index is 12.8. The second-order valence-corrected chi connectivity index (χ2v) is 5.59. The summed E-state index contributed by atoms with van der Waals surface area (Å²) < 4.78 is 0. The highest BCUT2D eigenvalue weighted by molar-refractivity contribution is 6.10. The number of aromatic nitrogens is 1. The number of hydrogen-bond donors (Lipinski definition) is 1. The van der Waals surface area contributed by atoms with Gasteiger partial charge in [-0.05, 0) is 31.4 Å². The maximum Gasteiger partial charge on any atom is 0.254 e. The number of carbonyl (C=O) groups is 2. The van der Waals surface area contributed by atoms with Crippen LogP contribution in [0.25, 0.3) is 10.9 Å². The van der Waals surface area contributed by atoms with Gasteiger partial charge in [0.1, 0.15) is 0 Å². The number of para-hydroxylation sites is 1. The number of fused-ring (bicyclic) bond motifs is 1. The van der Waals surface area contributed by atoms with Gasteiger partial charge in [0, 0.05) is 31.6 Å². The second-order valence-electron chi connectivity index (χ2n) is 5.59. The number of benzene rings is 1. The molecule has 0 radical (unpaired) electrons. The summed E-state index contributed by atoms with van der Waals surface area (Å²) in [4.78, 5) is 30.3. The van der Waals surface area contributed by atoms with Gasteiger partial charge >= 0.3 is 0 Å². The summed E-state index contributed by atoms with van der Waals surface area (Å²) in [6.45, 7) is 3.09. The second kappa shape index (κ2) is 6.13. The van der Waals surface area contributed by atoms with Gasteiger partial charge in [0.05, 0.1) is 16.8 Å². The van der Waals surface area contributed by atoms with Gasteiger partial charge in [0.2, 0.25) is 5.91 Å². The molecule has 1 aromatic carbocycles. The van der Waals surface area contributed by atoms with Crippen LogP contribution in [0, 0.1) is 0 Å². The first-order valence-corrected chi connectivity index (χ1v) is 7.61. The molecule has 2 heterocycles. The molecule has 1 aromatic heterocycles. The minimum Gasteiger partial charge on any atom is -0.339 e. The molecule has 0 aliphatic carbocycles. The van der Waals surface area contributed by atoms with E-state index in [0.29, 0.717) is 16.8 Å². The predicted octanol–water partition coefficient (Wildman–Crippen LogP) is 2.82. The number of pyridine rings is 1. The largest absolute Gasteiger partial charge is 0.339 e. The van der Waals surface area contributed by atoms with Gasteiger partial charge in [-0.1, -0.05) is 12.1 Å². The minimum atomic E-state index is -0.151. The van der Waals surface area contributed by atoms with Crippen LogP contribution < -0.4 is 5.32 Å². The van der Waals surface area contributed by atoms with Gasteiger partial charge in [-0.2, -0.15) is 0 Å². The average Bonchev–Trinajstić information content (AvgIpc) is 2.54. The molecule has 0 bridgehead atoms. The highest BCUT2D eigenvalue weighted by Crippen LogP contribution is 2.25. The van der Waals surface area contributed by atoms with E-state index in [-0.39, 0.29) is 11.8 Å². The SMILES string of the molecule is CC(=O)Nc1cccc2c(C(=O)N3CCCCC3)ccnc12. The molecule has 5 heteroatoms. The minimum absolute atomic E-state index is 0.0482. The van der Waals surface area contributed by atoms with Crippen LogP contribution in [0.4, 0.5) is 5.69 Å². The Kier molecular flexibility index (Phi) is 4.04. The van der Waals surface area contributed by atoms with Crippen LogP contribution >= 0.6 is 0 Å². The van der Waals surface area contributed by atoms with Crippen LogP contribution in [0.5, 0.6) is 0 Å². The van der Waals surface area contributed by atoms with E-state index in [2.05, 4.69) is 10.3 Å². The molecule has 1 fully saturated rings. The van der Waals surface area contributed by atoms with Crippen LogP contribution in [-0.4, -0.2) is 34.8 Å². The number of piperidine rings is 1. The molecule has 0 spiro atoms. The molecule has 1 aliphatic heterocycles. The zero-order chi connectivity index (χ0) is 15.5.